The molecule has 0 spiro atoms. The number of hydrogen-bond donors (Lipinski definition) is 1. The SMILES string of the molecule is O=c1[nH]nc(-c2ccc(-n3ccnc3)cc2)cc1-c1ccccc1. The third-order valence-corrected chi connectivity index (χ3v) is 3.85. The summed E-state index contributed by atoms with van der Waals surface area (Å²) in [4.78, 5) is 16.1. The van der Waals surface area contributed by atoms with Gasteiger partial charge in [0.25, 0.3) is 5.56 Å². The van der Waals surface area contributed by atoms with Crippen LogP contribution in [-0.4, -0.2) is 19.7 Å². The van der Waals surface area contributed by atoms with Crippen molar-refractivity contribution in [2.45, 2.75) is 0 Å². The predicted octanol–water partition coefficient (Wildman–Crippen LogP) is 3.29. The van der Waals surface area contributed by atoms with Crippen LogP contribution >= 0.6 is 0 Å². The first-order valence-electron chi connectivity index (χ1n) is 7.55. The fraction of sp³-hybridized carbons (Fsp3) is 0. The van der Waals surface area contributed by atoms with Crippen molar-refractivity contribution in [1.82, 2.24) is 19.7 Å². The van der Waals surface area contributed by atoms with Crippen LogP contribution in [0.4, 0.5) is 0 Å². The van der Waals surface area contributed by atoms with E-state index in [0.29, 0.717) is 5.56 Å². The summed E-state index contributed by atoms with van der Waals surface area (Å²) in [6.45, 7) is 0. The molecule has 0 atom stereocenters. The van der Waals surface area contributed by atoms with Crippen LogP contribution in [0.5, 0.6) is 0 Å². The molecule has 2 heterocycles. The second kappa shape index (κ2) is 5.96. The first-order valence-corrected chi connectivity index (χ1v) is 7.55. The van der Waals surface area contributed by atoms with Gasteiger partial charge in [0, 0.05) is 23.6 Å². The lowest BCUT2D eigenvalue weighted by Crippen LogP contribution is -2.11. The van der Waals surface area contributed by atoms with Gasteiger partial charge in [-0.05, 0) is 23.8 Å². The first kappa shape index (κ1) is 14.1. The molecule has 4 aromatic rings. The van der Waals surface area contributed by atoms with Gasteiger partial charge < -0.3 is 4.57 Å². The molecule has 0 aliphatic heterocycles. The Morgan fingerprint density at radius 1 is 0.917 bits per heavy atom. The molecule has 0 radical (unpaired) electrons. The van der Waals surface area contributed by atoms with Crippen LogP contribution in [0.1, 0.15) is 0 Å². The molecule has 0 fully saturated rings. The Morgan fingerprint density at radius 2 is 1.71 bits per heavy atom. The van der Waals surface area contributed by atoms with Gasteiger partial charge in [-0.2, -0.15) is 5.10 Å². The predicted molar refractivity (Wildman–Crippen MR) is 92.9 cm³/mol. The number of aromatic amines is 1. The number of rotatable bonds is 3. The summed E-state index contributed by atoms with van der Waals surface area (Å²) in [5.41, 5.74) is 3.97. The second-order valence-corrected chi connectivity index (χ2v) is 5.38. The highest BCUT2D eigenvalue weighted by Crippen LogP contribution is 2.22. The lowest BCUT2D eigenvalue weighted by molar-refractivity contribution is 0.997. The van der Waals surface area contributed by atoms with Crippen molar-refractivity contribution in [2.75, 3.05) is 0 Å². The minimum Gasteiger partial charge on any atom is -0.306 e. The maximum absolute atomic E-state index is 12.1. The summed E-state index contributed by atoms with van der Waals surface area (Å²) in [5, 5.41) is 6.76. The first-order chi connectivity index (χ1) is 11.8. The number of nitrogens with one attached hydrogen (secondary N) is 1. The van der Waals surface area contributed by atoms with Gasteiger partial charge in [0.15, 0.2) is 0 Å². The van der Waals surface area contributed by atoms with Crippen molar-refractivity contribution in [3.8, 4) is 28.1 Å². The molecule has 2 aromatic heterocycles. The smallest absolute Gasteiger partial charge is 0.272 e. The molecule has 5 nitrogen and oxygen atoms in total. The van der Waals surface area contributed by atoms with Crippen molar-refractivity contribution in [2.24, 2.45) is 0 Å². The average molecular weight is 314 g/mol. The van der Waals surface area contributed by atoms with Crippen molar-refractivity contribution in [1.29, 1.82) is 0 Å². The van der Waals surface area contributed by atoms with Crippen molar-refractivity contribution in [3.63, 3.8) is 0 Å². The van der Waals surface area contributed by atoms with E-state index in [-0.39, 0.29) is 5.56 Å². The molecule has 0 unspecified atom stereocenters. The Kier molecular flexibility index (Phi) is 3.51. The van der Waals surface area contributed by atoms with Gasteiger partial charge in [0.1, 0.15) is 0 Å². The number of benzene rings is 2. The molecule has 5 heteroatoms. The highest BCUT2D eigenvalue weighted by atomic mass is 16.1. The Balaban J connectivity index is 1.73. The highest BCUT2D eigenvalue weighted by molar-refractivity contribution is 5.69. The molecular weight excluding hydrogens is 300 g/mol. The van der Waals surface area contributed by atoms with Crippen molar-refractivity contribution >= 4 is 0 Å². The van der Waals surface area contributed by atoms with Gasteiger partial charge in [-0.1, -0.05) is 42.5 Å². The standard InChI is InChI=1S/C19H14N4O/c24-19-17(14-4-2-1-3-5-14)12-18(21-22-19)15-6-8-16(9-7-15)23-11-10-20-13-23/h1-13H,(H,22,24). The summed E-state index contributed by atoms with van der Waals surface area (Å²) < 4.78 is 1.93. The maximum atomic E-state index is 12.1. The molecule has 0 saturated heterocycles. The third kappa shape index (κ3) is 2.63. The second-order valence-electron chi connectivity index (χ2n) is 5.38. The van der Waals surface area contributed by atoms with Gasteiger partial charge >= 0.3 is 0 Å². The zero-order valence-corrected chi connectivity index (χ0v) is 12.8. The number of imidazole rings is 1. The van der Waals surface area contributed by atoms with Crippen LogP contribution in [0.3, 0.4) is 0 Å². The topological polar surface area (TPSA) is 63.6 Å². The van der Waals surface area contributed by atoms with Gasteiger partial charge in [-0.15, -0.1) is 0 Å². The maximum Gasteiger partial charge on any atom is 0.272 e. The monoisotopic (exact) mass is 314 g/mol. The number of H-pyrrole nitrogens is 1. The largest absolute Gasteiger partial charge is 0.306 e. The minimum absolute atomic E-state index is 0.194. The zero-order valence-electron chi connectivity index (χ0n) is 12.8. The lowest BCUT2D eigenvalue weighted by Gasteiger charge is -2.06. The van der Waals surface area contributed by atoms with Gasteiger partial charge in [0.2, 0.25) is 0 Å². The average Bonchev–Trinajstić information content (AvgIpc) is 3.18. The van der Waals surface area contributed by atoms with Crippen LogP contribution in [0.25, 0.3) is 28.1 Å². The van der Waals surface area contributed by atoms with E-state index in [4.69, 9.17) is 0 Å². The molecule has 0 aliphatic rings. The van der Waals surface area contributed by atoms with Crippen molar-refractivity contribution in [3.05, 3.63) is 89.7 Å². The quantitative estimate of drug-likeness (QED) is 0.631. The molecule has 116 valence electrons. The normalized spacial score (nSPS) is 10.7. The van der Waals surface area contributed by atoms with E-state index in [1.165, 1.54) is 0 Å². The molecular formula is C19H14N4O. The minimum atomic E-state index is -0.194. The van der Waals surface area contributed by atoms with E-state index < -0.39 is 0 Å². The van der Waals surface area contributed by atoms with Gasteiger partial charge in [-0.25, -0.2) is 10.1 Å². The molecule has 0 amide bonds. The Bertz CT molecular complexity index is 1000. The van der Waals surface area contributed by atoms with E-state index in [9.17, 15) is 4.79 Å². The van der Waals surface area contributed by atoms with Gasteiger partial charge in [0.05, 0.1) is 17.6 Å². The molecule has 0 aliphatic carbocycles. The van der Waals surface area contributed by atoms with Crippen LogP contribution in [0, 0.1) is 0 Å². The summed E-state index contributed by atoms with van der Waals surface area (Å²) in [6, 6.07) is 19.3. The van der Waals surface area contributed by atoms with E-state index in [1.807, 2.05) is 71.4 Å². The summed E-state index contributed by atoms with van der Waals surface area (Å²) in [7, 11) is 0. The zero-order chi connectivity index (χ0) is 16.4. The van der Waals surface area contributed by atoms with E-state index >= 15 is 0 Å². The van der Waals surface area contributed by atoms with Crippen LogP contribution in [0.2, 0.25) is 0 Å². The molecule has 0 saturated carbocycles. The van der Waals surface area contributed by atoms with E-state index in [1.54, 1.807) is 12.5 Å². The molecule has 4 rings (SSSR count). The summed E-state index contributed by atoms with van der Waals surface area (Å²) in [5.74, 6) is 0. The Labute approximate surface area is 138 Å². The van der Waals surface area contributed by atoms with Crippen LogP contribution < -0.4 is 5.56 Å². The van der Waals surface area contributed by atoms with Crippen LogP contribution in [0.15, 0.2) is 84.2 Å². The van der Waals surface area contributed by atoms with Gasteiger partial charge in [-0.3, -0.25) is 4.79 Å². The molecule has 1 N–H and O–H groups in total. The molecule has 2 aromatic carbocycles. The van der Waals surface area contributed by atoms with E-state index in [2.05, 4.69) is 15.2 Å². The van der Waals surface area contributed by atoms with Crippen molar-refractivity contribution < 1.29 is 0 Å². The fourth-order valence-electron chi connectivity index (χ4n) is 2.60. The number of aromatic nitrogens is 4. The number of nitrogens with zero attached hydrogens (tertiary/aromatic N) is 3. The summed E-state index contributed by atoms with van der Waals surface area (Å²) in [6.07, 6.45) is 5.38. The Morgan fingerprint density at radius 3 is 2.42 bits per heavy atom. The molecule has 0 bridgehead atoms. The highest BCUT2D eigenvalue weighted by Gasteiger charge is 2.07. The number of hydrogen-bond acceptors (Lipinski definition) is 3. The fourth-order valence-corrected chi connectivity index (χ4v) is 2.60. The van der Waals surface area contributed by atoms with E-state index in [0.717, 1.165) is 22.5 Å². The summed E-state index contributed by atoms with van der Waals surface area (Å²) >= 11 is 0. The van der Waals surface area contributed by atoms with Crippen LogP contribution in [-0.2, 0) is 0 Å². The Hall–Kier alpha value is -3.47. The molecule has 24 heavy (non-hydrogen) atoms. The lowest BCUT2D eigenvalue weighted by atomic mass is 10.0. The third-order valence-electron chi connectivity index (χ3n) is 3.85.